The van der Waals surface area contributed by atoms with Crippen LogP contribution in [0.25, 0.3) is 0 Å². The number of hydrogen-bond donors (Lipinski definition) is 1. The predicted molar refractivity (Wildman–Crippen MR) is 58.0 cm³/mol. The molecule has 0 radical (unpaired) electrons. The van der Waals surface area contributed by atoms with Crippen LogP contribution < -0.4 is 5.32 Å². The highest BCUT2D eigenvalue weighted by Gasteiger charge is 2.30. The molecule has 1 aromatic rings. The van der Waals surface area contributed by atoms with Crippen LogP contribution in [0.2, 0.25) is 0 Å². The van der Waals surface area contributed by atoms with Crippen LogP contribution in [0.4, 0.5) is 0 Å². The molecule has 7 heteroatoms. The minimum Gasteiger partial charge on any atom is -0.465 e. The summed E-state index contributed by atoms with van der Waals surface area (Å²) < 4.78 is 9.73. The first-order valence-corrected chi connectivity index (χ1v) is 5.68. The fourth-order valence-electron chi connectivity index (χ4n) is 1.85. The standard InChI is InChI=1S/C10H16N4O3/c1-2-16-10(15)8-5-11-3-4-14(8)6-9-12-7-17-13-9/h7-8,11H,2-6H2,1H3. The summed E-state index contributed by atoms with van der Waals surface area (Å²) in [5.41, 5.74) is 0. The van der Waals surface area contributed by atoms with Gasteiger partial charge in [-0.25, -0.2) is 0 Å². The second-order valence-electron chi connectivity index (χ2n) is 3.79. The number of aromatic nitrogens is 2. The van der Waals surface area contributed by atoms with E-state index in [2.05, 4.69) is 20.0 Å². The first kappa shape index (κ1) is 12.0. The van der Waals surface area contributed by atoms with E-state index in [1.807, 2.05) is 4.90 Å². The number of carbonyl (C=O) groups excluding carboxylic acids is 1. The summed E-state index contributed by atoms with van der Waals surface area (Å²) in [6.45, 7) is 4.90. The molecule has 1 atom stereocenters. The number of esters is 1. The number of carbonyl (C=O) groups is 1. The lowest BCUT2D eigenvalue weighted by molar-refractivity contribution is -0.150. The second-order valence-corrected chi connectivity index (χ2v) is 3.79. The summed E-state index contributed by atoms with van der Waals surface area (Å²) in [5, 5.41) is 6.93. The summed E-state index contributed by atoms with van der Waals surface area (Å²) >= 11 is 0. The van der Waals surface area contributed by atoms with E-state index in [4.69, 9.17) is 4.74 Å². The SMILES string of the molecule is CCOC(=O)C1CNCCN1Cc1ncon1. The van der Waals surface area contributed by atoms with Crippen molar-refractivity contribution in [1.82, 2.24) is 20.4 Å². The molecule has 1 aliphatic rings. The summed E-state index contributed by atoms with van der Waals surface area (Å²) in [5.74, 6) is 0.379. The normalized spacial score (nSPS) is 21.4. The molecule has 0 aromatic carbocycles. The van der Waals surface area contributed by atoms with Crippen LogP contribution in [0, 0.1) is 0 Å². The Balaban J connectivity index is 1.99. The van der Waals surface area contributed by atoms with Crippen LogP contribution in [0.3, 0.4) is 0 Å². The highest BCUT2D eigenvalue weighted by Crippen LogP contribution is 2.09. The third-order valence-electron chi connectivity index (χ3n) is 2.66. The zero-order chi connectivity index (χ0) is 12.1. The molecule has 17 heavy (non-hydrogen) atoms. The third-order valence-corrected chi connectivity index (χ3v) is 2.66. The van der Waals surface area contributed by atoms with Gasteiger partial charge < -0.3 is 14.6 Å². The fourth-order valence-corrected chi connectivity index (χ4v) is 1.85. The van der Waals surface area contributed by atoms with Gasteiger partial charge in [-0.3, -0.25) is 9.69 Å². The largest absolute Gasteiger partial charge is 0.465 e. The van der Waals surface area contributed by atoms with Crippen LogP contribution in [-0.4, -0.2) is 53.3 Å². The van der Waals surface area contributed by atoms with Crippen LogP contribution in [0.1, 0.15) is 12.7 Å². The number of hydrogen-bond acceptors (Lipinski definition) is 7. The van der Waals surface area contributed by atoms with Crippen molar-refractivity contribution in [2.24, 2.45) is 0 Å². The second kappa shape index (κ2) is 5.74. The van der Waals surface area contributed by atoms with Crippen molar-refractivity contribution in [2.75, 3.05) is 26.2 Å². The first-order chi connectivity index (χ1) is 8.31. The van der Waals surface area contributed by atoms with Crippen LogP contribution in [0.5, 0.6) is 0 Å². The van der Waals surface area contributed by atoms with Crippen molar-refractivity contribution in [3.8, 4) is 0 Å². The number of nitrogens with one attached hydrogen (secondary N) is 1. The molecule has 2 heterocycles. The molecule has 1 unspecified atom stereocenters. The molecule has 0 saturated carbocycles. The Morgan fingerprint density at radius 1 is 1.76 bits per heavy atom. The van der Waals surface area contributed by atoms with E-state index in [0.29, 0.717) is 25.5 Å². The Morgan fingerprint density at radius 3 is 3.35 bits per heavy atom. The average molecular weight is 240 g/mol. The maximum absolute atomic E-state index is 11.8. The average Bonchev–Trinajstić information content (AvgIpc) is 2.83. The maximum atomic E-state index is 11.8. The van der Waals surface area contributed by atoms with Gasteiger partial charge in [0.2, 0.25) is 6.39 Å². The molecule has 1 aliphatic heterocycles. The minimum atomic E-state index is -0.276. The smallest absolute Gasteiger partial charge is 0.324 e. The van der Waals surface area contributed by atoms with E-state index < -0.39 is 0 Å². The van der Waals surface area contributed by atoms with Crippen molar-refractivity contribution in [2.45, 2.75) is 19.5 Å². The number of rotatable bonds is 4. The van der Waals surface area contributed by atoms with Gasteiger partial charge in [0.05, 0.1) is 13.2 Å². The monoisotopic (exact) mass is 240 g/mol. The van der Waals surface area contributed by atoms with E-state index >= 15 is 0 Å². The zero-order valence-corrected chi connectivity index (χ0v) is 9.76. The quantitative estimate of drug-likeness (QED) is 0.704. The Kier molecular flexibility index (Phi) is 4.05. The molecule has 1 fully saturated rings. The van der Waals surface area contributed by atoms with E-state index in [1.165, 1.54) is 6.39 Å². The summed E-state index contributed by atoms with van der Waals surface area (Å²) in [7, 11) is 0. The fraction of sp³-hybridized carbons (Fsp3) is 0.700. The zero-order valence-electron chi connectivity index (χ0n) is 9.76. The number of piperazine rings is 1. The molecule has 1 saturated heterocycles. The van der Waals surface area contributed by atoms with Gasteiger partial charge in [0.15, 0.2) is 5.82 Å². The molecule has 0 bridgehead atoms. The van der Waals surface area contributed by atoms with Gasteiger partial charge in [-0.15, -0.1) is 0 Å². The first-order valence-electron chi connectivity index (χ1n) is 5.68. The van der Waals surface area contributed by atoms with Crippen LogP contribution >= 0.6 is 0 Å². The van der Waals surface area contributed by atoms with Crippen molar-refractivity contribution < 1.29 is 14.1 Å². The van der Waals surface area contributed by atoms with Crippen molar-refractivity contribution >= 4 is 5.97 Å². The molecule has 1 aromatic heterocycles. The summed E-state index contributed by atoms with van der Waals surface area (Å²) in [6.07, 6.45) is 1.29. The molecule has 2 rings (SSSR count). The molecule has 1 N–H and O–H groups in total. The number of nitrogens with zero attached hydrogens (tertiary/aromatic N) is 3. The highest BCUT2D eigenvalue weighted by atomic mass is 16.5. The Bertz CT molecular complexity index is 354. The van der Waals surface area contributed by atoms with E-state index in [1.54, 1.807) is 6.92 Å². The molecular weight excluding hydrogens is 224 g/mol. The van der Waals surface area contributed by atoms with Crippen molar-refractivity contribution in [1.29, 1.82) is 0 Å². The molecule has 94 valence electrons. The molecule has 0 aliphatic carbocycles. The minimum absolute atomic E-state index is 0.205. The van der Waals surface area contributed by atoms with Crippen molar-refractivity contribution in [3.63, 3.8) is 0 Å². The lowest BCUT2D eigenvalue weighted by Crippen LogP contribution is -2.55. The molecular formula is C10H16N4O3. The highest BCUT2D eigenvalue weighted by molar-refractivity contribution is 5.76. The molecule has 7 nitrogen and oxygen atoms in total. The molecule has 0 amide bonds. The summed E-state index contributed by atoms with van der Waals surface area (Å²) in [6, 6.07) is -0.276. The predicted octanol–water partition coefficient (Wildman–Crippen LogP) is -0.593. The van der Waals surface area contributed by atoms with E-state index in [-0.39, 0.29) is 12.0 Å². The van der Waals surface area contributed by atoms with E-state index in [0.717, 1.165) is 13.1 Å². The Morgan fingerprint density at radius 2 is 2.65 bits per heavy atom. The lowest BCUT2D eigenvalue weighted by Gasteiger charge is -2.33. The maximum Gasteiger partial charge on any atom is 0.324 e. The van der Waals surface area contributed by atoms with Gasteiger partial charge >= 0.3 is 5.97 Å². The van der Waals surface area contributed by atoms with E-state index in [9.17, 15) is 4.79 Å². The number of ether oxygens (including phenoxy) is 1. The van der Waals surface area contributed by atoms with Gasteiger partial charge in [0.1, 0.15) is 6.04 Å². The van der Waals surface area contributed by atoms with Crippen LogP contribution in [-0.2, 0) is 16.1 Å². The third kappa shape index (κ3) is 3.01. The van der Waals surface area contributed by atoms with Crippen molar-refractivity contribution in [3.05, 3.63) is 12.2 Å². The summed E-state index contributed by atoms with van der Waals surface area (Å²) in [4.78, 5) is 17.7. The Labute approximate surface area is 99.1 Å². The van der Waals surface area contributed by atoms with Crippen LogP contribution in [0.15, 0.2) is 10.9 Å². The topological polar surface area (TPSA) is 80.5 Å². The van der Waals surface area contributed by atoms with Gasteiger partial charge in [0.25, 0.3) is 0 Å². The lowest BCUT2D eigenvalue weighted by atomic mass is 10.2. The van der Waals surface area contributed by atoms with Gasteiger partial charge in [-0.2, -0.15) is 4.98 Å². The Hall–Kier alpha value is -1.47. The van der Waals surface area contributed by atoms with Gasteiger partial charge in [-0.05, 0) is 6.92 Å². The van der Waals surface area contributed by atoms with Gasteiger partial charge in [-0.1, -0.05) is 5.16 Å². The molecule has 0 spiro atoms. The van der Waals surface area contributed by atoms with Gasteiger partial charge in [0, 0.05) is 19.6 Å².